The van der Waals surface area contributed by atoms with Crippen molar-refractivity contribution in [1.82, 2.24) is 0 Å². The lowest BCUT2D eigenvalue weighted by Gasteiger charge is -2.21. The normalized spacial score (nSPS) is 31.2. The van der Waals surface area contributed by atoms with Gasteiger partial charge in [0.25, 0.3) is 0 Å². The quantitative estimate of drug-likeness (QED) is 0.592. The van der Waals surface area contributed by atoms with E-state index >= 15 is 0 Å². The molecule has 128 valence electrons. The van der Waals surface area contributed by atoms with E-state index in [0.29, 0.717) is 0 Å². The average molecular weight is 352 g/mol. The second-order valence-corrected chi connectivity index (χ2v) is 6.58. The highest BCUT2D eigenvalue weighted by molar-refractivity contribution is 7.99. The Hall–Kier alpha value is -2.06. The molecule has 1 aromatic carbocycles. The van der Waals surface area contributed by atoms with Crippen LogP contribution in [0.15, 0.2) is 35.2 Å². The van der Waals surface area contributed by atoms with Gasteiger partial charge in [-0.15, -0.1) is 0 Å². The van der Waals surface area contributed by atoms with Crippen molar-refractivity contribution in [3.05, 3.63) is 30.3 Å². The van der Waals surface area contributed by atoms with Crippen LogP contribution >= 0.6 is 11.8 Å². The molecule has 1 unspecified atom stereocenters. The predicted octanol–water partition coefficient (Wildman–Crippen LogP) is 1.29. The van der Waals surface area contributed by atoms with Gasteiger partial charge in [0.15, 0.2) is 12.2 Å². The smallest absolute Gasteiger partial charge is 0.350 e. The molecule has 0 amide bonds. The molecule has 7 nitrogen and oxygen atoms in total. The first kappa shape index (κ1) is 16.8. The standard InChI is InChI=1S/C16H16O7S/c1-8(17)20-13-11-12(22-15(13)19)14(21-9(2)18)16(23-11)24-10-6-4-3-5-7-10/h3-7,11-14,16H,1-2H3/t11-,12+,13?,14-,16+/m0/s1. The number of rotatable bonds is 4. The first-order chi connectivity index (χ1) is 11.5. The summed E-state index contributed by atoms with van der Waals surface area (Å²) in [6, 6.07) is 9.42. The topological polar surface area (TPSA) is 88.1 Å². The molecule has 8 heteroatoms. The minimum absolute atomic E-state index is 0.505. The molecule has 0 spiro atoms. The van der Waals surface area contributed by atoms with Gasteiger partial charge in [-0.3, -0.25) is 9.59 Å². The molecular weight excluding hydrogens is 336 g/mol. The summed E-state index contributed by atoms with van der Waals surface area (Å²) in [5.41, 5.74) is -0.572. The number of thioether (sulfide) groups is 1. The summed E-state index contributed by atoms with van der Waals surface area (Å²) < 4.78 is 21.4. The van der Waals surface area contributed by atoms with Gasteiger partial charge in [-0.2, -0.15) is 0 Å². The number of hydrogen-bond acceptors (Lipinski definition) is 8. The molecule has 0 bridgehead atoms. The van der Waals surface area contributed by atoms with E-state index in [1.807, 2.05) is 30.3 Å². The maximum Gasteiger partial charge on any atom is 0.350 e. The van der Waals surface area contributed by atoms with Crippen LogP contribution in [0.5, 0.6) is 0 Å². The van der Waals surface area contributed by atoms with Gasteiger partial charge < -0.3 is 18.9 Å². The maximum absolute atomic E-state index is 11.9. The van der Waals surface area contributed by atoms with Crippen LogP contribution in [0.25, 0.3) is 0 Å². The van der Waals surface area contributed by atoms with E-state index < -0.39 is 47.8 Å². The first-order valence-electron chi connectivity index (χ1n) is 7.38. The van der Waals surface area contributed by atoms with E-state index in [1.165, 1.54) is 25.6 Å². The Kier molecular flexibility index (Phi) is 4.77. The van der Waals surface area contributed by atoms with E-state index in [9.17, 15) is 14.4 Å². The van der Waals surface area contributed by atoms with Crippen LogP contribution in [-0.4, -0.2) is 47.8 Å². The van der Waals surface area contributed by atoms with Gasteiger partial charge in [0.05, 0.1) is 0 Å². The van der Waals surface area contributed by atoms with Crippen molar-refractivity contribution in [1.29, 1.82) is 0 Å². The van der Waals surface area contributed by atoms with Crippen molar-refractivity contribution in [2.24, 2.45) is 0 Å². The van der Waals surface area contributed by atoms with Crippen molar-refractivity contribution in [3.63, 3.8) is 0 Å². The second-order valence-electron chi connectivity index (χ2n) is 5.41. The molecular formula is C16H16O7S. The fraction of sp³-hybridized carbons (Fsp3) is 0.438. The highest BCUT2D eigenvalue weighted by atomic mass is 32.2. The maximum atomic E-state index is 11.9. The number of esters is 3. The molecule has 2 heterocycles. The predicted molar refractivity (Wildman–Crippen MR) is 81.9 cm³/mol. The molecule has 2 fully saturated rings. The van der Waals surface area contributed by atoms with Crippen LogP contribution in [0.2, 0.25) is 0 Å². The van der Waals surface area contributed by atoms with E-state index in [1.54, 1.807) is 0 Å². The summed E-state index contributed by atoms with van der Waals surface area (Å²) in [4.78, 5) is 35.4. The summed E-state index contributed by atoms with van der Waals surface area (Å²) in [6.45, 7) is 2.48. The minimum atomic E-state index is -1.15. The van der Waals surface area contributed by atoms with E-state index in [-0.39, 0.29) is 0 Å². The Balaban J connectivity index is 1.81. The van der Waals surface area contributed by atoms with Crippen LogP contribution in [0.3, 0.4) is 0 Å². The van der Waals surface area contributed by atoms with Gasteiger partial charge in [-0.25, -0.2) is 4.79 Å². The third kappa shape index (κ3) is 3.39. The van der Waals surface area contributed by atoms with Crippen LogP contribution in [0, 0.1) is 0 Å². The SMILES string of the molecule is CC(=O)OC1C(=O)O[C@H]2[C@H](OC(C)=O)[C@@H](Sc3ccccc3)O[C@H]12. The molecule has 2 aliphatic rings. The number of ether oxygens (including phenoxy) is 4. The molecule has 0 saturated carbocycles. The largest absolute Gasteiger partial charge is 0.455 e. The molecule has 0 aromatic heterocycles. The molecule has 2 saturated heterocycles. The number of hydrogen-bond donors (Lipinski definition) is 0. The Morgan fingerprint density at radius 2 is 1.71 bits per heavy atom. The molecule has 5 atom stereocenters. The lowest BCUT2D eigenvalue weighted by atomic mass is 10.1. The Bertz CT molecular complexity index is 647. The zero-order chi connectivity index (χ0) is 17.3. The highest BCUT2D eigenvalue weighted by Gasteiger charge is 2.60. The Morgan fingerprint density at radius 3 is 2.33 bits per heavy atom. The number of benzene rings is 1. The van der Waals surface area contributed by atoms with Crippen LogP contribution in [-0.2, 0) is 33.3 Å². The van der Waals surface area contributed by atoms with Gasteiger partial charge in [-0.05, 0) is 12.1 Å². The molecule has 0 N–H and O–H groups in total. The molecule has 1 aromatic rings. The highest BCUT2D eigenvalue weighted by Crippen LogP contribution is 2.41. The third-order valence-electron chi connectivity index (χ3n) is 3.58. The van der Waals surface area contributed by atoms with Crippen molar-refractivity contribution in [2.45, 2.75) is 48.6 Å². The third-order valence-corrected chi connectivity index (χ3v) is 4.74. The van der Waals surface area contributed by atoms with Crippen LogP contribution in [0.4, 0.5) is 0 Å². The van der Waals surface area contributed by atoms with Gasteiger partial charge in [-0.1, -0.05) is 30.0 Å². The van der Waals surface area contributed by atoms with Gasteiger partial charge in [0.2, 0.25) is 6.10 Å². The van der Waals surface area contributed by atoms with E-state index in [0.717, 1.165) is 4.90 Å². The van der Waals surface area contributed by atoms with Crippen molar-refractivity contribution in [3.8, 4) is 0 Å². The van der Waals surface area contributed by atoms with Gasteiger partial charge >= 0.3 is 17.9 Å². The van der Waals surface area contributed by atoms with Gasteiger partial charge in [0, 0.05) is 18.7 Å². The lowest BCUT2D eigenvalue weighted by molar-refractivity contribution is -0.167. The summed E-state index contributed by atoms with van der Waals surface area (Å²) in [5, 5.41) is 0. The fourth-order valence-corrected chi connectivity index (χ4v) is 3.81. The van der Waals surface area contributed by atoms with Crippen molar-refractivity contribution < 1.29 is 33.3 Å². The van der Waals surface area contributed by atoms with Gasteiger partial charge in [0.1, 0.15) is 11.5 Å². The van der Waals surface area contributed by atoms with Crippen molar-refractivity contribution in [2.75, 3.05) is 0 Å². The first-order valence-corrected chi connectivity index (χ1v) is 8.26. The Labute approximate surface area is 142 Å². The molecule has 2 aliphatic heterocycles. The lowest BCUT2D eigenvalue weighted by Crippen LogP contribution is -2.36. The van der Waals surface area contributed by atoms with E-state index in [2.05, 4.69) is 0 Å². The van der Waals surface area contributed by atoms with Crippen LogP contribution in [0.1, 0.15) is 13.8 Å². The van der Waals surface area contributed by atoms with Crippen molar-refractivity contribution >= 4 is 29.7 Å². The number of carbonyl (C=O) groups excluding carboxylic acids is 3. The molecule has 0 radical (unpaired) electrons. The fourth-order valence-electron chi connectivity index (χ4n) is 2.70. The number of fused-ring (bicyclic) bond motifs is 1. The Morgan fingerprint density at radius 1 is 1.04 bits per heavy atom. The van der Waals surface area contributed by atoms with Crippen LogP contribution < -0.4 is 0 Å². The van der Waals surface area contributed by atoms with E-state index in [4.69, 9.17) is 18.9 Å². The summed E-state index contributed by atoms with van der Waals surface area (Å²) in [5.74, 6) is -1.81. The molecule has 0 aliphatic carbocycles. The summed E-state index contributed by atoms with van der Waals surface area (Å²) >= 11 is 1.35. The number of carbonyl (C=O) groups is 3. The monoisotopic (exact) mass is 352 g/mol. The zero-order valence-electron chi connectivity index (χ0n) is 13.0. The summed E-state index contributed by atoms with van der Waals surface area (Å²) in [7, 11) is 0. The average Bonchev–Trinajstić information content (AvgIpc) is 2.98. The minimum Gasteiger partial charge on any atom is -0.455 e. The zero-order valence-corrected chi connectivity index (χ0v) is 13.9. The molecule has 24 heavy (non-hydrogen) atoms. The second kappa shape index (κ2) is 6.82. The summed E-state index contributed by atoms with van der Waals surface area (Å²) in [6.07, 6.45) is -3.52. The molecule has 3 rings (SSSR count).